The Balaban J connectivity index is 3.85. The van der Waals surface area contributed by atoms with Crippen molar-refractivity contribution < 1.29 is 28.8 Å². The Hall–Kier alpha value is -1.41. The first-order chi connectivity index (χ1) is 10.7. The van der Waals surface area contributed by atoms with Gasteiger partial charge in [-0.05, 0) is 6.21 Å². The Labute approximate surface area is 132 Å². The third-order valence-corrected chi connectivity index (χ3v) is 2.40. The van der Waals surface area contributed by atoms with Gasteiger partial charge in [0, 0.05) is 6.42 Å². The van der Waals surface area contributed by atoms with Gasteiger partial charge in [0.1, 0.15) is 25.1 Å². The molecule has 1 unspecified atom stereocenters. The molecule has 0 saturated heterocycles. The average molecular weight is 317 g/mol. The van der Waals surface area contributed by atoms with Crippen molar-refractivity contribution in [3.63, 3.8) is 0 Å². The second-order valence-corrected chi connectivity index (χ2v) is 4.22. The first-order valence-corrected chi connectivity index (χ1v) is 7.14. The van der Waals surface area contributed by atoms with Gasteiger partial charge >= 0.3 is 0 Å². The molecule has 0 amide bonds. The van der Waals surface area contributed by atoms with Crippen molar-refractivity contribution in [3.8, 4) is 0 Å². The van der Waals surface area contributed by atoms with Crippen LogP contribution in [0.15, 0.2) is 25.2 Å². The molecule has 0 aliphatic rings. The van der Waals surface area contributed by atoms with E-state index >= 15 is 0 Å². The SMILES string of the molecule is C=COCCOCC(COCCC=N)OCCOC(=C)CO. The zero-order valence-electron chi connectivity index (χ0n) is 13.0. The van der Waals surface area contributed by atoms with Gasteiger partial charge in [-0.15, -0.1) is 0 Å². The lowest BCUT2D eigenvalue weighted by Gasteiger charge is -2.18. The summed E-state index contributed by atoms with van der Waals surface area (Å²) in [7, 11) is 0. The van der Waals surface area contributed by atoms with E-state index in [1.165, 1.54) is 12.5 Å². The number of aliphatic hydroxyl groups is 1. The monoisotopic (exact) mass is 317 g/mol. The van der Waals surface area contributed by atoms with Gasteiger partial charge in [-0.1, -0.05) is 13.2 Å². The van der Waals surface area contributed by atoms with Crippen LogP contribution < -0.4 is 0 Å². The zero-order chi connectivity index (χ0) is 16.5. The average Bonchev–Trinajstić information content (AvgIpc) is 2.54. The van der Waals surface area contributed by atoms with E-state index in [2.05, 4.69) is 13.2 Å². The number of nitrogens with one attached hydrogen (secondary N) is 1. The van der Waals surface area contributed by atoms with E-state index < -0.39 is 0 Å². The second kappa shape index (κ2) is 16.0. The summed E-state index contributed by atoms with van der Waals surface area (Å²) >= 11 is 0. The molecule has 0 rings (SSSR count). The number of rotatable bonds is 17. The van der Waals surface area contributed by atoms with Gasteiger partial charge in [0.25, 0.3) is 0 Å². The Bertz CT molecular complexity index is 298. The first-order valence-electron chi connectivity index (χ1n) is 7.14. The summed E-state index contributed by atoms with van der Waals surface area (Å²) in [5, 5.41) is 15.7. The normalized spacial score (nSPS) is 11.7. The van der Waals surface area contributed by atoms with Crippen molar-refractivity contribution in [3.05, 3.63) is 25.2 Å². The van der Waals surface area contributed by atoms with Gasteiger partial charge in [-0.2, -0.15) is 0 Å². The van der Waals surface area contributed by atoms with Crippen LogP contribution in [0.25, 0.3) is 0 Å². The molecule has 0 aliphatic carbocycles. The standard InChI is InChI=1S/C15H27NO6/c1-3-18-7-8-20-13-15(12-19-6-4-5-16)22-10-9-21-14(2)11-17/h3,5,15-17H,1-2,4,6-13H2. The van der Waals surface area contributed by atoms with Crippen LogP contribution in [0.5, 0.6) is 0 Å². The van der Waals surface area contributed by atoms with E-state index in [1.807, 2.05) is 0 Å². The third kappa shape index (κ3) is 13.6. The molecule has 0 aromatic rings. The van der Waals surface area contributed by atoms with Crippen LogP contribution in [0.4, 0.5) is 0 Å². The fourth-order valence-corrected chi connectivity index (χ4v) is 1.35. The summed E-state index contributed by atoms with van der Waals surface area (Å²) < 4.78 is 26.5. The van der Waals surface area contributed by atoms with Crippen LogP contribution >= 0.6 is 0 Å². The van der Waals surface area contributed by atoms with Crippen molar-refractivity contribution in [2.45, 2.75) is 12.5 Å². The molecule has 1 atom stereocenters. The highest BCUT2D eigenvalue weighted by molar-refractivity contribution is 5.52. The van der Waals surface area contributed by atoms with E-state index in [9.17, 15) is 0 Å². The van der Waals surface area contributed by atoms with E-state index in [4.69, 9.17) is 34.2 Å². The molecule has 0 heterocycles. The highest BCUT2D eigenvalue weighted by Gasteiger charge is 2.10. The lowest BCUT2D eigenvalue weighted by atomic mass is 10.4. The summed E-state index contributed by atoms with van der Waals surface area (Å²) in [6.45, 7) is 9.48. The Kier molecular flexibility index (Phi) is 14.9. The summed E-state index contributed by atoms with van der Waals surface area (Å²) in [6.07, 6.45) is 3.00. The van der Waals surface area contributed by atoms with Crippen molar-refractivity contribution in [1.82, 2.24) is 0 Å². The molecule has 0 aromatic carbocycles. The minimum absolute atomic E-state index is 0.206. The van der Waals surface area contributed by atoms with E-state index in [0.29, 0.717) is 58.4 Å². The maximum Gasteiger partial charge on any atom is 0.114 e. The Morgan fingerprint density at radius 3 is 2.45 bits per heavy atom. The third-order valence-electron chi connectivity index (χ3n) is 2.40. The van der Waals surface area contributed by atoms with Gasteiger partial charge in [-0.25, -0.2) is 0 Å². The first kappa shape index (κ1) is 20.6. The lowest BCUT2D eigenvalue weighted by molar-refractivity contribution is -0.0724. The van der Waals surface area contributed by atoms with E-state index in [0.717, 1.165) is 0 Å². The quantitative estimate of drug-likeness (QED) is 0.237. The van der Waals surface area contributed by atoms with Crippen LogP contribution in [0.3, 0.4) is 0 Å². The van der Waals surface area contributed by atoms with Crippen molar-refractivity contribution >= 4 is 6.21 Å². The fraction of sp³-hybridized carbons (Fsp3) is 0.667. The van der Waals surface area contributed by atoms with E-state index in [1.54, 1.807) is 0 Å². The Morgan fingerprint density at radius 1 is 1.09 bits per heavy atom. The highest BCUT2D eigenvalue weighted by Crippen LogP contribution is 1.98. The molecule has 0 aromatic heterocycles. The molecule has 7 nitrogen and oxygen atoms in total. The Morgan fingerprint density at radius 2 is 1.82 bits per heavy atom. The molecule has 0 bridgehead atoms. The molecule has 0 fully saturated rings. The fourth-order valence-electron chi connectivity index (χ4n) is 1.35. The van der Waals surface area contributed by atoms with Gasteiger partial charge in [0.2, 0.25) is 0 Å². The van der Waals surface area contributed by atoms with Gasteiger partial charge < -0.3 is 34.2 Å². The van der Waals surface area contributed by atoms with Crippen LogP contribution in [0.1, 0.15) is 6.42 Å². The number of hydrogen-bond donors (Lipinski definition) is 2. The van der Waals surface area contributed by atoms with Gasteiger partial charge in [0.05, 0.1) is 45.9 Å². The second-order valence-electron chi connectivity index (χ2n) is 4.22. The highest BCUT2D eigenvalue weighted by atomic mass is 16.6. The van der Waals surface area contributed by atoms with E-state index in [-0.39, 0.29) is 12.7 Å². The molecule has 0 radical (unpaired) electrons. The largest absolute Gasteiger partial charge is 0.499 e. The topological polar surface area (TPSA) is 90.2 Å². The molecular formula is C15H27NO6. The van der Waals surface area contributed by atoms with Gasteiger partial charge in [0.15, 0.2) is 0 Å². The lowest BCUT2D eigenvalue weighted by Crippen LogP contribution is -2.28. The number of ether oxygens (including phenoxy) is 5. The molecule has 0 saturated carbocycles. The number of aliphatic hydroxyl groups excluding tert-OH is 1. The number of hydrogen-bond acceptors (Lipinski definition) is 7. The van der Waals surface area contributed by atoms with Crippen LogP contribution in [0.2, 0.25) is 0 Å². The zero-order valence-corrected chi connectivity index (χ0v) is 13.0. The molecule has 22 heavy (non-hydrogen) atoms. The van der Waals surface area contributed by atoms with Crippen molar-refractivity contribution in [1.29, 1.82) is 5.41 Å². The van der Waals surface area contributed by atoms with Crippen molar-refractivity contribution in [2.75, 3.05) is 52.9 Å². The molecule has 0 aliphatic heterocycles. The van der Waals surface area contributed by atoms with Crippen LogP contribution in [-0.2, 0) is 23.7 Å². The maximum absolute atomic E-state index is 8.75. The minimum Gasteiger partial charge on any atom is -0.499 e. The maximum atomic E-state index is 8.75. The summed E-state index contributed by atoms with van der Waals surface area (Å²) in [4.78, 5) is 0. The molecule has 0 spiro atoms. The van der Waals surface area contributed by atoms with Gasteiger partial charge in [-0.3, -0.25) is 0 Å². The van der Waals surface area contributed by atoms with Crippen molar-refractivity contribution in [2.24, 2.45) is 0 Å². The smallest absolute Gasteiger partial charge is 0.114 e. The van der Waals surface area contributed by atoms with Crippen LogP contribution in [0, 0.1) is 5.41 Å². The predicted molar refractivity (Wildman–Crippen MR) is 83.1 cm³/mol. The summed E-state index contributed by atoms with van der Waals surface area (Å²) in [5.41, 5.74) is 0. The summed E-state index contributed by atoms with van der Waals surface area (Å²) in [5.74, 6) is 0.306. The predicted octanol–water partition coefficient (Wildman–Crippen LogP) is 1.13. The van der Waals surface area contributed by atoms with Crippen LogP contribution in [-0.4, -0.2) is 70.3 Å². The molecule has 2 N–H and O–H groups in total. The minimum atomic E-state index is -0.236. The molecule has 128 valence electrons. The molecule has 7 heteroatoms. The molecular weight excluding hydrogens is 290 g/mol. The summed E-state index contributed by atoms with van der Waals surface area (Å²) in [6, 6.07) is 0.